The molecule has 6 nitrogen and oxygen atoms in total. The quantitative estimate of drug-likeness (QED) is 0.269. The lowest BCUT2D eigenvalue weighted by molar-refractivity contribution is -0.126. The first-order valence-corrected chi connectivity index (χ1v) is 13.6. The molecule has 0 radical (unpaired) electrons. The van der Waals surface area contributed by atoms with E-state index in [4.69, 9.17) is 9.47 Å². The molecule has 4 aromatic rings. The number of hydrogen-bond donors (Lipinski definition) is 0. The lowest BCUT2D eigenvalue weighted by Gasteiger charge is -2.18. The number of benzene rings is 3. The number of nitrogens with zero attached hydrogens (tertiary/aromatic N) is 1. The Labute approximate surface area is 218 Å². The van der Waals surface area contributed by atoms with E-state index in [9.17, 15) is 13.2 Å². The van der Waals surface area contributed by atoms with Gasteiger partial charge in [-0.3, -0.25) is 4.79 Å². The molecule has 7 heteroatoms. The number of methoxy groups -OCH3 is 2. The van der Waals surface area contributed by atoms with Gasteiger partial charge in [-0.1, -0.05) is 68.8 Å². The maximum atomic E-state index is 14.2. The van der Waals surface area contributed by atoms with Crippen LogP contribution >= 0.6 is 0 Å². The Bertz CT molecular complexity index is 1540. The summed E-state index contributed by atoms with van der Waals surface area (Å²) in [5.41, 5.74) is 3.06. The Morgan fingerprint density at radius 2 is 1.49 bits per heavy atom. The van der Waals surface area contributed by atoms with E-state index in [0.29, 0.717) is 28.1 Å². The maximum Gasteiger partial charge on any atom is 0.268 e. The average molecular weight is 520 g/mol. The fourth-order valence-corrected chi connectivity index (χ4v) is 6.06. The van der Waals surface area contributed by atoms with Crippen molar-refractivity contribution in [1.82, 2.24) is 3.97 Å². The minimum Gasteiger partial charge on any atom is -0.493 e. The average Bonchev–Trinajstić information content (AvgIpc) is 3.20. The van der Waals surface area contributed by atoms with E-state index >= 15 is 0 Å². The number of carbonyl (C=O) groups excluding carboxylic acids is 1. The second-order valence-corrected chi connectivity index (χ2v) is 12.0. The van der Waals surface area contributed by atoms with Crippen LogP contribution < -0.4 is 9.47 Å². The van der Waals surface area contributed by atoms with Crippen molar-refractivity contribution in [2.75, 3.05) is 14.2 Å². The summed E-state index contributed by atoms with van der Waals surface area (Å²) in [6, 6.07) is 19.9. The van der Waals surface area contributed by atoms with E-state index < -0.39 is 15.4 Å². The molecule has 0 saturated heterocycles. The maximum absolute atomic E-state index is 14.2. The van der Waals surface area contributed by atoms with Crippen LogP contribution in [0.3, 0.4) is 0 Å². The van der Waals surface area contributed by atoms with E-state index in [1.165, 1.54) is 11.1 Å². The SMILES string of the molecule is COc1cc2c(-c3ccccc3)c(CCC(=O)C(C)(C)C)n(S(=O)(=O)c3ccc(C)cc3)c2cc1OC. The third-order valence-corrected chi connectivity index (χ3v) is 8.34. The van der Waals surface area contributed by atoms with Crippen LogP contribution in [0.2, 0.25) is 0 Å². The molecule has 1 aromatic heterocycles. The minimum absolute atomic E-state index is 0.0613. The standard InChI is InChI=1S/C30H33NO5S/c1-20-12-14-22(15-13-20)37(33,34)31-24(16-17-28(32)30(2,3)4)29(21-10-8-7-9-11-21)23-18-26(35-5)27(36-6)19-25(23)31/h7-15,18-19H,16-17H2,1-6H3. The molecule has 0 aliphatic heterocycles. The smallest absolute Gasteiger partial charge is 0.268 e. The molecule has 3 aromatic carbocycles. The van der Waals surface area contributed by atoms with Crippen molar-refractivity contribution in [3.05, 3.63) is 78.0 Å². The molecule has 0 bridgehead atoms. The lowest BCUT2D eigenvalue weighted by atomic mass is 9.87. The van der Waals surface area contributed by atoms with Crippen LogP contribution in [0, 0.1) is 12.3 Å². The van der Waals surface area contributed by atoms with Gasteiger partial charge < -0.3 is 9.47 Å². The van der Waals surface area contributed by atoms with Crippen molar-refractivity contribution in [2.45, 2.75) is 45.4 Å². The Morgan fingerprint density at radius 3 is 2.05 bits per heavy atom. The number of aromatic nitrogens is 1. The molecule has 37 heavy (non-hydrogen) atoms. The molecular formula is C30H33NO5S. The van der Waals surface area contributed by atoms with E-state index in [1.54, 1.807) is 37.4 Å². The summed E-state index contributed by atoms with van der Waals surface area (Å²) >= 11 is 0. The second-order valence-electron chi connectivity index (χ2n) is 10.2. The number of rotatable bonds is 8. The second kappa shape index (κ2) is 10.1. The molecule has 0 amide bonds. The van der Waals surface area contributed by atoms with Gasteiger partial charge in [-0.2, -0.15) is 0 Å². The number of aryl methyl sites for hydroxylation is 1. The first kappa shape index (κ1) is 26.5. The lowest BCUT2D eigenvalue weighted by Crippen LogP contribution is -2.22. The monoisotopic (exact) mass is 519 g/mol. The summed E-state index contributed by atoms with van der Waals surface area (Å²) in [5, 5.41) is 0.706. The van der Waals surface area contributed by atoms with Gasteiger partial charge in [0.25, 0.3) is 10.0 Å². The number of ether oxygens (including phenoxy) is 2. The largest absolute Gasteiger partial charge is 0.493 e. The van der Waals surface area contributed by atoms with Crippen LogP contribution in [0.5, 0.6) is 11.5 Å². The molecule has 0 unspecified atom stereocenters. The van der Waals surface area contributed by atoms with Crippen LogP contribution in [-0.2, 0) is 21.2 Å². The molecule has 0 atom stereocenters. The highest BCUT2D eigenvalue weighted by Crippen LogP contribution is 2.43. The Balaban J connectivity index is 2.11. The van der Waals surface area contributed by atoms with Crippen molar-refractivity contribution in [2.24, 2.45) is 5.41 Å². The predicted octanol–water partition coefficient (Wildman–Crippen LogP) is 6.42. The number of fused-ring (bicyclic) bond motifs is 1. The topological polar surface area (TPSA) is 74.6 Å². The van der Waals surface area contributed by atoms with E-state index in [0.717, 1.165) is 16.7 Å². The Morgan fingerprint density at radius 1 is 0.892 bits per heavy atom. The molecule has 0 N–H and O–H groups in total. The zero-order chi connectivity index (χ0) is 27.0. The highest BCUT2D eigenvalue weighted by molar-refractivity contribution is 7.90. The summed E-state index contributed by atoms with van der Waals surface area (Å²) in [6.45, 7) is 7.54. The molecule has 0 aliphatic carbocycles. The van der Waals surface area contributed by atoms with Gasteiger partial charge in [-0.15, -0.1) is 0 Å². The normalized spacial score (nSPS) is 12.1. The number of carbonyl (C=O) groups is 1. The number of hydrogen-bond acceptors (Lipinski definition) is 5. The first-order chi connectivity index (χ1) is 17.5. The molecule has 4 rings (SSSR count). The van der Waals surface area contributed by atoms with Gasteiger partial charge in [0.1, 0.15) is 5.78 Å². The molecule has 0 aliphatic rings. The summed E-state index contributed by atoms with van der Waals surface area (Å²) < 4.78 is 41.0. The third kappa shape index (κ3) is 5.01. The van der Waals surface area contributed by atoms with Gasteiger partial charge in [0.05, 0.1) is 24.6 Å². The fraction of sp³-hybridized carbons (Fsp3) is 0.300. The molecule has 1 heterocycles. The molecular weight excluding hydrogens is 486 g/mol. The van der Waals surface area contributed by atoms with E-state index in [1.807, 2.05) is 64.1 Å². The van der Waals surface area contributed by atoms with Gasteiger partial charge >= 0.3 is 0 Å². The van der Waals surface area contributed by atoms with Gasteiger partial charge in [-0.25, -0.2) is 12.4 Å². The van der Waals surface area contributed by atoms with Crippen molar-refractivity contribution in [3.63, 3.8) is 0 Å². The minimum atomic E-state index is -4.02. The predicted molar refractivity (Wildman–Crippen MR) is 147 cm³/mol. The van der Waals surface area contributed by atoms with Crippen LogP contribution in [0.1, 0.15) is 38.4 Å². The Kier molecular flexibility index (Phi) is 7.20. The molecule has 0 fully saturated rings. The van der Waals surface area contributed by atoms with Crippen molar-refractivity contribution in [1.29, 1.82) is 0 Å². The summed E-state index contributed by atoms with van der Waals surface area (Å²) in [5.74, 6) is 0.977. The van der Waals surface area contributed by atoms with Crippen molar-refractivity contribution < 1.29 is 22.7 Å². The highest BCUT2D eigenvalue weighted by atomic mass is 32.2. The third-order valence-electron chi connectivity index (χ3n) is 6.57. The van der Waals surface area contributed by atoms with Gasteiger partial charge in [0.2, 0.25) is 0 Å². The molecule has 0 spiro atoms. The van der Waals surface area contributed by atoms with Crippen molar-refractivity contribution in [3.8, 4) is 22.6 Å². The summed E-state index contributed by atoms with van der Waals surface area (Å²) in [7, 11) is -0.948. The van der Waals surface area contributed by atoms with Crippen LogP contribution in [0.4, 0.5) is 0 Å². The zero-order valence-corrected chi connectivity index (χ0v) is 23.0. The molecule has 194 valence electrons. The summed E-state index contributed by atoms with van der Waals surface area (Å²) in [6.07, 6.45) is 0.460. The fourth-order valence-electron chi connectivity index (χ4n) is 4.49. The summed E-state index contributed by atoms with van der Waals surface area (Å²) in [4.78, 5) is 13.1. The number of Topliss-reactive ketones (excluding diaryl/α,β-unsaturated/α-hetero) is 1. The van der Waals surface area contributed by atoms with E-state index in [2.05, 4.69) is 0 Å². The van der Waals surface area contributed by atoms with Crippen LogP contribution in [-0.4, -0.2) is 32.4 Å². The first-order valence-electron chi connectivity index (χ1n) is 12.2. The zero-order valence-electron chi connectivity index (χ0n) is 22.2. The number of ketones is 1. The Hall–Kier alpha value is -3.58. The molecule has 0 saturated carbocycles. The van der Waals surface area contributed by atoms with Gasteiger partial charge in [-0.05, 0) is 37.1 Å². The van der Waals surface area contributed by atoms with Crippen LogP contribution in [0.15, 0.2) is 71.6 Å². The highest BCUT2D eigenvalue weighted by Gasteiger charge is 2.30. The van der Waals surface area contributed by atoms with Crippen molar-refractivity contribution >= 4 is 26.7 Å². The van der Waals surface area contributed by atoms with Gasteiger partial charge in [0.15, 0.2) is 11.5 Å². The van der Waals surface area contributed by atoms with E-state index in [-0.39, 0.29) is 23.5 Å². The van der Waals surface area contributed by atoms with Crippen LogP contribution in [0.25, 0.3) is 22.0 Å². The van der Waals surface area contributed by atoms with Gasteiger partial charge in [0, 0.05) is 34.5 Å².